The second-order valence-corrected chi connectivity index (χ2v) is 9.08. The Morgan fingerprint density at radius 2 is 1.93 bits per heavy atom. The van der Waals surface area contributed by atoms with Gasteiger partial charge in [0.25, 0.3) is 5.89 Å². The molecule has 0 amide bonds. The Balaban J connectivity index is 1.27. The van der Waals surface area contributed by atoms with E-state index >= 15 is 0 Å². The van der Waals surface area contributed by atoms with Gasteiger partial charge in [0.1, 0.15) is 18.5 Å². The van der Waals surface area contributed by atoms with E-state index in [-0.39, 0.29) is 23.7 Å². The smallest absolute Gasteiger partial charge is 0.255 e. The molecular weight excluding hydrogens is 398 g/mol. The van der Waals surface area contributed by atoms with Gasteiger partial charge in [-0.3, -0.25) is 0 Å². The molecule has 29 heavy (non-hydrogen) atoms. The molecule has 10 heteroatoms. The van der Waals surface area contributed by atoms with E-state index in [1.54, 1.807) is 31.4 Å². The first-order valence-corrected chi connectivity index (χ1v) is 11.2. The van der Waals surface area contributed by atoms with Crippen LogP contribution in [-0.4, -0.2) is 55.8 Å². The summed E-state index contributed by atoms with van der Waals surface area (Å²) in [6, 6.07) is 6.44. The van der Waals surface area contributed by atoms with Crippen molar-refractivity contribution >= 4 is 10.0 Å². The van der Waals surface area contributed by atoms with Gasteiger partial charge in [-0.15, -0.1) is 0 Å². The van der Waals surface area contributed by atoms with Gasteiger partial charge in [-0.05, 0) is 49.9 Å². The van der Waals surface area contributed by atoms with Crippen molar-refractivity contribution in [3.05, 3.63) is 36.0 Å². The molecule has 2 fully saturated rings. The SMILES string of the molecule is COc1ccc(S(=O)(=O)N2CCC(OCc3noc(C4CCCO4)n3)CC2)cc1. The Kier molecular flexibility index (Phi) is 6.14. The summed E-state index contributed by atoms with van der Waals surface area (Å²) in [5.41, 5.74) is 0. The molecule has 4 rings (SSSR count). The van der Waals surface area contributed by atoms with Gasteiger partial charge in [0.05, 0.1) is 18.1 Å². The lowest BCUT2D eigenvalue weighted by atomic mass is 10.1. The second kappa shape index (κ2) is 8.78. The Morgan fingerprint density at radius 1 is 1.17 bits per heavy atom. The van der Waals surface area contributed by atoms with Crippen molar-refractivity contribution in [2.75, 3.05) is 26.8 Å². The molecule has 1 aromatic heterocycles. The number of ether oxygens (including phenoxy) is 3. The number of sulfonamides is 1. The van der Waals surface area contributed by atoms with Crippen molar-refractivity contribution in [1.82, 2.24) is 14.4 Å². The monoisotopic (exact) mass is 423 g/mol. The molecule has 0 aliphatic carbocycles. The van der Waals surface area contributed by atoms with Crippen LogP contribution in [0.4, 0.5) is 0 Å². The highest BCUT2D eigenvalue weighted by Gasteiger charge is 2.30. The molecule has 0 bridgehead atoms. The van der Waals surface area contributed by atoms with E-state index in [4.69, 9.17) is 18.7 Å². The molecule has 1 aromatic carbocycles. The molecule has 1 unspecified atom stereocenters. The van der Waals surface area contributed by atoms with E-state index in [0.29, 0.717) is 43.4 Å². The van der Waals surface area contributed by atoms with Crippen LogP contribution < -0.4 is 4.74 Å². The number of hydrogen-bond acceptors (Lipinski definition) is 8. The number of aromatic nitrogens is 2. The lowest BCUT2D eigenvalue weighted by Crippen LogP contribution is -2.40. The molecular formula is C19H25N3O6S. The van der Waals surface area contributed by atoms with Crippen molar-refractivity contribution in [3.63, 3.8) is 0 Å². The number of nitrogens with zero attached hydrogens (tertiary/aromatic N) is 3. The van der Waals surface area contributed by atoms with Crippen LogP contribution in [0.5, 0.6) is 5.75 Å². The molecule has 0 saturated carbocycles. The van der Waals surface area contributed by atoms with Crippen LogP contribution in [0.25, 0.3) is 0 Å². The predicted octanol–water partition coefficient (Wildman–Crippen LogP) is 2.30. The zero-order valence-electron chi connectivity index (χ0n) is 16.3. The topological polar surface area (TPSA) is 104 Å². The van der Waals surface area contributed by atoms with Crippen LogP contribution in [0.2, 0.25) is 0 Å². The van der Waals surface area contributed by atoms with Crippen molar-refractivity contribution in [2.45, 2.75) is 49.4 Å². The van der Waals surface area contributed by atoms with Crippen molar-refractivity contribution in [3.8, 4) is 5.75 Å². The molecule has 2 aromatic rings. The fraction of sp³-hybridized carbons (Fsp3) is 0.579. The van der Waals surface area contributed by atoms with E-state index in [1.807, 2.05) is 0 Å². The summed E-state index contributed by atoms with van der Waals surface area (Å²) in [4.78, 5) is 4.61. The lowest BCUT2D eigenvalue weighted by molar-refractivity contribution is 0.00637. The van der Waals surface area contributed by atoms with Crippen molar-refractivity contribution < 1.29 is 27.2 Å². The largest absolute Gasteiger partial charge is 0.497 e. The molecule has 0 spiro atoms. The maximum atomic E-state index is 12.8. The van der Waals surface area contributed by atoms with Crippen LogP contribution in [0.1, 0.15) is 43.5 Å². The van der Waals surface area contributed by atoms with E-state index in [2.05, 4.69) is 10.1 Å². The maximum Gasteiger partial charge on any atom is 0.255 e. The number of hydrogen-bond donors (Lipinski definition) is 0. The standard InChI is InChI=1S/C19H25N3O6S/c1-25-14-4-6-16(7-5-14)29(23,24)22-10-8-15(9-11-22)27-13-18-20-19(28-21-18)17-3-2-12-26-17/h4-7,15,17H,2-3,8-13H2,1H3. The summed E-state index contributed by atoms with van der Waals surface area (Å²) < 4.78 is 48.9. The number of piperidine rings is 1. The molecule has 3 heterocycles. The van der Waals surface area contributed by atoms with E-state index in [9.17, 15) is 8.42 Å². The first-order valence-electron chi connectivity index (χ1n) is 9.76. The molecule has 0 N–H and O–H groups in total. The first-order chi connectivity index (χ1) is 14.1. The van der Waals surface area contributed by atoms with E-state index in [1.165, 1.54) is 4.31 Å². The van der Waals surface area contributed by atoms with Crippen LogP contribution in [0, 0.1) is 0 Å². The number of benzene rings is 1. The summed E-state index contributed by atoms with van der Waals surface area (Å²) in [6.07, 6.45) is 2.97. The van der Waals surface area contributed by atoms with Gasteiger partial charge in [-0.2, -0.15) is 9.29 Å². The average molecular weight is 423 g/mol. The van der Waals surface area contributed by atoms with Gasteiger partial charge in [0.15, 0.2) is 5.82 Å². The number of methoxy groups -OCH3 is 1. The molecule has 9 nitrogen and oxygen atoms in total. The van der Waals surface area contributed by atoms with Gasteiger partial charge < -0.3 is 18.7 Å². The molecule has 0 radical (unpaired) electrons. The van der Waals surface area contributed by atoms with Gasteiger partial charge in [0, 0.05) is 19.7 Å². The Bertz CT molecular complexity index is 900. The van der Waals surface area contributed by atoms with Gasteiger partial charge >= 0.3 is 0 Å². The fourth-order valence-corrected chi connectivity index (χ4v) is 5.03. The molecule has 2 aliphatic heterocycles. The summed E-state index contributed by atoms with van der Waals surface area (Å²) in [6.45, 7) is 1.78. The third-order valence-electron chi connectivity index (χ3n) is 5.24. The minimum atomic E-state index is -3.52. The van der Waals surface area contributed by atoms with Crippen LogP contribution in [0.3, 0.4) is 0 Å². The zero-order valence-corrected chi connectivity index (χ0v) is 17.1. The summed E-state index contributed by atoms with van der Waals surface area (Å²) in [5.74, 6) is 1.62. The van der Waals surface area contributed by atoms with Gasteiger partial charge in [-0.1, -0.05) is 5.16 Å². The average Bonchev–Trinajstić information content (AvgIpc) is 3.44. The number of rotatable bonds is 7. The molecule has 1 atom stereocenters. The lowest BCUT2D eigenvalue weighted by Gasteiger charge is -2.31. The van der Waals surface area contributed by atoms with Crippen LogP contribution in [-0.2, 0) is 26.1 Å². The minimum Gasteiger partial charge on any atom is -0.497 e. The quantitative estimate of drug-likeness (QED) is 0.668. The highest BCUT2D eigenvalue weighted by Crippen LogP contribution is 2.27. The summed E-state index contributed by atoms with van der Waals surface area (Å²) in [7, 11) is -1.97. The molecule has 2 saturated heterocycles. The van der Waals surface area contributed by atoms with Crippen molar-refractivity contribution in [2.24, 2.45) is 0 Å². The fourth-order valence-electron chi connectivity index (χ4n) is 3.56. The highest BCUT2D eigenvalue weighted by atomic mass is 32.2. The Hall–Kier alpha value is -2.01. The highest BCUT2D eigenvalue weighted by molar-refractivity contribution is 7.89. The van der Waals surface area contributed by atoms with E-state index < -0.39 is 10.0 Å². The second-order valence-electron chi connectivity index (χ2n) is 7.14. The predicted molar refractivity (Wildman–Crippen MR) is 102 cm³/mol. The van der Waals surface area contributed by atoms with E-state index in [0.717, 1.165) is 19.4 Å². The van der Waals surface area contributed by atoms with Gasteiger partial charge in [0.2, 0.25) is 10.0 Å². The molecule has 2 aliphatic rings. The van der Waals surface area contributed by atoms with Gasteiger partial charge in [-0.25, -0.2) is 8.42 Å². The maximum absolute atomic E-state index is 12.8. The minimum absolute atomic E-state index is 0.0398. The Morgan fingerprint density at radius 3 is 2.59 bits per heavy atom. The normalized spacial score (nSPS) is 21.5. The third-order valence-corrected chi connectivity index (χ3v) is 7.15. The third kappa shape index (κ3) is 4.61. The van der Waals surface area contributed by atoms with Crippen LogP contribution in [0.15, 0.2) is 33.7 Å². The zero-order chi connectivity index (χ0) is 20.3. The summed E-state index contributed by atoms with van der Waals surface area (Å²) >= 11 is 0. The summed E-state index contributed by atoms with van der Waals surface area (Å²) in [5, 5.41) is 3.95. The molecule has 158 valence electrons. The Labute approximate surface area is 170 Å². The first kappa shape index (κ1) is 20.3. The van der Waals surface area contributed by atoms with Crippen LogP contribution >= 0.6 is 0 Å². The van der Waals surface area contributed by atoms with Crippen molar-refractivity contribution in [1.29, 1.82) is 0 Å².